The van der Waals surface area contributed by atoms with E-state index >= 15 is 0 Å². The summed E-state index contributed by atoms with van der Waals surface area (Å²) in [6.07, 6.45) is 1.35. The summed E-state index contributed by atoms with van der Waals surface area (Å²) in [4.78, 5) is 13.6. The van der Waals surface area contributed by atoms with E-state index in [9.17, 15) is 9.90 Å². The maximum Gasteiger partial charge on any atom is 0.328 e. The first kappa shape index (κ1) is 12.3. The standard InChI is InChI=1S/C14H18N2O3/c1-8-7-9-11(19-8)4-3-10-12(9)16(2)6-5-14(10,15)13(17)18/h3-4,8H,5-7,15H2,1-2H3,(H,17,18). The summed E-state index contributed by atoms with van der Waals surface area (Å²) < 4.78 is 5.73. The molecule has 0 aliphatic carbocycles. The zero-order chi connectivity index (χ0) is 13.8. The lowest BCUT2D eigenvalue weighted by Gasteiger charge is -2.38. The summed E-state index contributed by atoms with van der Waals surface area (Å²) in [6.45, 7) is 2.66. The second-order valence-electron chi connectivity index (χ2n) is 5.52. The van der Waals surface area contributed by atoms with Crippen LogP contribution in [0.2, 0.25) is 0 Å². The van der Waals surface area contributed by atoms with Crippen LogP contribution >= 0.6 is 0 Å². The Hall–Kier alpha value is -1.75. The Morgan fingerprint density at radius 3 is 3.00 bits per heavy atom. The molecule has 2 aliphatic heterocycles. The topological polar surface area (TPSA) is 75.8 Å². The Kier molecular flexibility index (Phi) is 2.50. The van der Waals surface area contributed by atoms with Crippen molar-refractivity contribution in [2.24, 2.45) is 5.73 Å². The number of carboxylic acids is 1. The van der Waals surface area contributed by atoms with Crippen molar-refractivity contribution in [1.82, 2.24) is 0 Å². The minimum Gasteiger partial charge on any atom is -0.490 e. The number of carboxylic acid groups (broad SMARTS) is 1. The van der Waals surface area contributed by atoms with Crippen LogP contribution in [0.1, 0.15) is 24.5 Å². The van der Waals surface area contributed by atoms with Gasteiger partial charge in [0, 0.05) is 36.8 Å². The van der Waals surface area contributed by atoms with Gasteiger partial charge >= 0.3 is 5.97 Å². The first-order valence-electron chi connectivity index (χ1n) is 6.50. The summed E-state index contributed by atoms with van der Waals surface area (Å²) >= 11 is 0. The van der Waals surface area contributed by atoms with Gasteiger partial charge in [0.05, 0.1) is 0 Å². The highest BCUT2D eigenvalue weighted by atomic mass is 16.5. The Morgan fingerprint density at radius 1 is 1.58 bits per heavy atom. The summed E-state index contributed by atoms with van der Waals surface area (Å²) in [5.41, 5.74) is 7.58. The van der Waals surface area contributed by atoms with Crippen molar-refractivity contribution in [3.05, 3.63) is 23.3 Å². The lowest BCUT2D eigenvalue weighted by Crippen LogP contribution is -2.51. The maximum absolute atomic E-state index is 11.5. The fourth-order valence-electron chi connectivity index (χ4n) is 3.08. The smallest absolute Gasteiger partial charge is 0.328 e. The average molecular weight is 262 g/mol. The number of benzene rings is 1. The predicted molar refractivity (Wildman–Crippen MR) is 71.6 cm³/mol. The van der Waals surface area contributed by atoms with E-state index in [4.69, 9.17) is 10.5 Å². The van der Waals surface area contributed by atoms with E-state index in [0.29, 0.717) is 18.5 Å². The number of hydrogen-bond acceptors (Lipinski definition) is 4. The summed E-state index contributed by atoms with van der Waals surface area (Å²) in [7, 11) is 1.98. The van der Waals surface area contributed by atoms with E-state index < -0.39 is 11.5 Å². The molecule has 2 aliphatic rings. The summed E-state index contributed by atoms with van der Waals surface area (Å²) in [5, 5.41) is 9.46. The van der Waals surface area contributed by atoms with Crippen molar-refractivity contribution < 1.29 is 14.6 Å². The van der Waals surface area contributed by atoms with Crippen molar-refractivity contribution in [2.45, 2.75) is 31.4 Å². The Balaban J connectivity index is 2.21. The van der Waals surface area contributed by atoms with Crippen LogP contribution in [0, 0.1) is 0 Å². The fourth-order valence-corrected chi connectivity index (χ4v) is 3.08. The minimum absolute atomic E-state index is 0.133. The van der Waals surface area contributed by atoms with E-state index in [-0.39, 0.29) is 6.10 Å². The summed E-state index contributed by atoms with van der Waals surface area (Å²) in [6, 6.07) is 3.65. The van der Waals surface area contributed by atoms with E-state index in [2.05, 4.69) is 4.90 Å². The van der Waals surface area contributed by atoms with Crippen LogP contribution in [0.25, 0.3) is 0 Å². The second-order valence-corrected chi connectivity index (χ2v) is 5.52. The number of hydrogen-bond donors (Lipinski definition) is 2. The van der Waals surface area contributed by atoms with Crippen LogP contribution in [0.4, 0.5) is 5.69 Å². The van der Waals surface area contributed by atoms with Crippen molar-refractivity contribution in [3.63, 3.8) is 0 Å². The number of aliphatic carboxylic acids is 1. The maximum atomic E-state index is 11.5. The second kappa shape index (κ2) is 3.87. The van der Waals surface area contributed by atoms with Crippen molar-refractivity contribution in [2.75, 3.05) is 18.5 Å². The third-order valence-electron chi connectivity index (χ3n) is 4.15. The van der Waals surface area contributed by atoms with E-state index in [1.807, 2.05) is 20.0 Å². The normalized spacial score (nSPS) is 28.6. The average Bonchev–Trinajstić information content (AvgIpc) is 2.73. The molecular formula is C14H18N2O3. The fraction of sp³-hybridized carbons (Fsp3) is 0.500. The van der Waals surface area contributed by atoms with E-state index in [1.54, 1.807) is 6.07 Å². The SMILES string of the molecule is CC1Cc2c(ccc3c2N(C)CCC3(N)C(=O)O)O1. The van der Waals surface area contributed by atoms with Crippen LogP contribution in [0.3, 0.4) is 0 Å². The molecule has 1 aromatic rings. The summed E-state index contributed by atoms with van der Waals surface area (Å²) in [5.74, 6) is -0.110. The van der Waals surface area contributed by atoms with Gasteiger partial charge in [0.2, 0.25) is 0 Å². The van der Waals surface area contributed by atoms with Gasteiger partial charge < -0.3 is 20.5 Å². The Labute approximate surface area is 112 Å². The van der Waals surface area contributed by atoms with Gasteiger partial charge in [0.25, 0.3) is 0 Å². The van der Waals surface area contributed by atoms with Gasteiger partial charge in [-0.1, -0.05) is 6.07 Å². The molecule has 19 heavy (non-hydrogen) atoms. The van der Waals surface area contributed by atoms with E-state index in [0.717, 1.165) is 23.4 Å². The predicted octanol–water partition coefficient (Wildman–Crippen LogP) is 1.09. The molecule has 102 valence electrons. The van der Waals surface area contributed by atoms with Gasteiger partial charge in [-0.25, -0.2) is 4.79 Å². The van der Waals surface area contributed by atoms with Crippen LogP contribution in [0.15, 0.2) is 12.1 Å². The lowest BCUT2D eigenvalue weighted by molar-refractivity contribution is -0.144. The van der Waals surface area contributed by atoms with Gasteiger partial charge in [-0.3, -0.25) is 0 Å². The van der Waals surface area contributed by atoms with Crippen molar-refractivity contribution >= 4 is 11.7 Å². The quantitative estimate of drug-likeness (QED) is 0.792. The van der Waals surface area contributed by atoms with Crippen LogP contribution in [-0.4, -0.2) is 30.8 Å². The van der Waals surface area contributed by atoms with Gasteiger partial charge in [-0.05, 0) is 19.4 Å². The Bertz CT molecular complexity index is 558. The van der Waals surface area contributed by atoms with Crippen LogP contribution < -0.4 is 15.4 Å². The van der Waals surface area contributed by atoms with Gasteiger partial charge in [-0.15, -0.1) is 0 Å². The molecular weight excluding hydrogens is 244 g/mol. The molecule has 2 heterocycles. The number of rotatable bonds is 1. The molecule has 0 radical (unpaired) electrons. The number of nitrogens with zero attached hydrogens (tertiary/aromatic N) is 1. The number of fused-ring (bicyclic) bond motifs is 3. The molecule has 3 rings (SSSR count). The molecule has 0 bridgehead atoms. The molecule has 3 N–H and O–H groups in total. The molecule has 0 saturated heterocycles. The number of nitrogens with two attached hydrogens (primary N) is 1. The molecule has 0 spiro atoms. The number of ether oxygens (including phenoxy) is 1. The monoisotopic (exact) mass is 262 g/mol. The van der Waals surface area contributed by atoms with Crippen LogP contribution in [0.5, 0.6) is 5.75 Å². The first-order chi connectivity index (χ1) is 8.93. The largest absolute Gasteiger partial charge is 0.490 e. The highest BCUT2D eigenvalue weighted by molar-refractivity contribution is 5.86. The molecule has 0 fully saturated rings. The highest BCUT2D eigenvalue weighted by Crippen LogP contribution is 2.45. The third-order valence-corrected chi connectivity index (χ3v) is 4.15. The molecule has 0 saturated carbocycles. The van der Waals surface area contributed by atoms with Gasteiger partial charge in [0.1, 0.15) is 17.4 Å². The molecule has 5 nitrogen and oxygen atoms in total. The Morgan fingerprint density at radius 2 is 2.32 bits per heavy atom. The first-order valence-corrected chi connectivity index (χ1v) is 6.50. The zero-order valence-electron chi connectivity index (χ0n) is 11.1. The minimum atomic E-state index is -1.29. The number of anilines is 1. The number of carbonyl (C=O) groups is 1. The third kappa shape index (κ3) is 1.61. The van der Waals surface area contributed by atoms with Gasteiger partial charge in [0.15, 0.2) is 0 Å². The van der Waals surface area contributed by atoms with Crippen molar-refractivity contribution in [1.29, 1.82) is 0 Å². The molecule has 0 amide bonds. The molecule has 0 aromatic heterocycles. The van der Waals surface area contributed by atoms with Crippen molar-refractivity contribution in [3.8, 4) is 5.75 Å². The van der Waals surface area contributed by atoms with E-state index in [1.165, 1.54) is 0 Å². The van der Waals surface area contributed by atoms with Crippen LogP contribution in [-0.2, 0) is 16.8 Å². The molecule has 5 heteroatoms. The zero-order valence-corrected chi connectivity index (χ0v) is 11.1. The molecule has 1 aromatic carbocycles. The highest BCUT2D eigenvalue weighted by Gasteiger charge is 2.43. The molecule has 2 atom stereocenters. The molecule has 2 unspecified atom stereocenters. The van der Waals surface area contributed by atoms with Gasteiger partial charge in [-0.2, -0.15) is 0 Å². The lowest BCUT2D eigenvalue weighted by atomic mass is 9.81.